The quantitative estimate of drug-likeness (QED) is 0.885. The molecule has 0 atom stereocenters. The van der Waals surface area contributed by atoms with Crippen LogP contribution in [-0.2, 0) is 11.3 Å². The number of anilines is 1. The molecule has 1 fully saturated rings. The highest BCUT2D eigenvalue weighted by molar-refractivity contribution is 5.56. The maximum Gasteiger partial charge on any atom is 0.0694 e. The summed E-state index contributed by atoms with van der Waals surface area (Å²) in [5.74, 6) is 0. The Kier molecular flexibility index (Phi) is 3.88. The monoisotopic (exact) mass is 249 g/mol. The van der Waals surface area contributed by atoms with Crippen molar-refractivity contribution in [3.05, 3.63) is 23.5 Å². The van der Waals surface area contributed by atoms with Gasteiger partial charge in [0.25, 0.3) is 0 Å². The Labute approximate surface area is 109 Å². The molecular formula is C14H23N3O. The Morgan fingerprint density at radius 2 is 2.28 bits per heavy atom. The highest BCUT2D eigenvalue weighted by atomic mass is 16.5. The lowest BCUT2D eigenvalue weighted by molar-refractivity contribution is 0.0643. The zero-order chi connectivity index (χ0) is 13.2. The molecule has 0 spiro atoms. The second-order valence-electron chi connectivity index (χ2n) is 5.50. The number of hydrogen-bond acceptors (Lipinski definition) is 4. The fourth-order valence-corrected chi connectivity index (χ4v) is 2.46. The minimum absolute atomic E-state index is 0.0362. The van der Waals surface area contributed by atoms with E-state index < -0.39 is 0 Å². The van der Waals surface area contributed by atoms with Crippen molar-refractivity contribution in [3.8, 4) is 0 Å². The number of ether oxygens (including phenoxy) is 1. The molecule has 4 nitrogen and oxygen atoms in total. The van der Waals surface area contributed by atoms with Crippen LogP contribution in [0, 0.1) is 6.92 Å². The van der Waals surface area contributed by atoms with Gasteiger partial charge in [-0.15, -0.1) is 0 Å². The molecule has 4 heteroatoms. The van der Waals surface area contributed by atoms with Crippen LogP contribution in [0.15, 0.2) is 12.3 Å². The van der Waals surface area contributed by atoms with Crippen molar-refractivity contribution in [2.45, 2.75) is 32.9 Å². The van der Waals surface area contributed by atoms with Crippen molar-refractivity contribution in [1.82, 2.24) is 10.3 Å². The summed E-state index contributed by atoms with van der Waals surface area (Å²) >= 11 is 0. The third kappa shape index (κ3) is 2.65. The molecule has 2 rings (SSSR count). The van der Waals surface area contributed by atoms with Crippen LogP contribution in [0.2, 0.25) is 0 Å². The van der Waals surface area contributed by atoms with E-state index in [0.29, 0.717) is 0 Å². The summed E-state index contributed by atoms with van der Waals surface area (Å²) < 4.78 is 5.59. The minimum Gasteiger partial charge on any atom is -0.377 e. The van der Waals surface area contributed by atoms with Gasteiger partial charge in [0.05, 0.1) is 18.8 Å². The van der Waals surface area contributed by atoms with Crippen molar-refractivity contribution in [2.24, 2.45) is 0 Å². The van der Waals surface area contributed by atoms with E-state index in [4.69, 9.17) is 4.74 Å². The van der Waals surface area contributed by atoms with E-state index >= 15 is 0 Å². The molecule has 18 heavy (non-hydrogen) atoms. The summed E-state index contributed by atoms with van der Waals surface area (Å²) in [6.45, 7) is 9.84. The van der Waals surface area contributed by atoms with E-state index in [2.05, 4.69) is 35.1 Å². The van der Waals surface area contributed by atoms with Crippen LogP contribution in [0.4, 0.5) is 5.69 Å². The Morgan fingerprint density at radius 3 is 2.94 bits per heavy atom. The van der Waals surface area contributed by atoms with Crippen molar-refractivity contribution in [1.29, 1.82) is 0 Å². The number of aromatic nitrogens is 1. The van der Waals surface area contributed by atoms with Crippen molar-refractivity contribution >= 4 is 5.69 Å². The number of rotatable bonds is 3. The molecule has 0 bridgehead atoms. The SMILES string of the molecule is CNCc1cnc(C)cc1N1CCOCC1(C)C. The lowest BCUT2D eigenvalue weighted by Gasteiger charge is -2.44. The molecule has 1 N–H and O–H groups in total. The zero-order valence-electron chi connectivity index (χ0n) is 11.8. The van der Waals surface area contributed by atoms with Gasteiger partial charge >= 0.3 is 0 Å². The van der Waals surface area contributed by atoms with Crippen LogP contribution in [0.25, 0.3) is 0 Å². The molecule has 0 amide bonds. The van der Waals surface area contributed by atoms with E-state index in [9.17, 15) is 0 Å². The van der Waals surface area contributed by atoms with Crippen molar-refractivity contribution < 1.29 is 4.74 Å². The maximum absolute atomic E-state index is 5.59. The largest absolute Gasteiger partial charge is 0.377 e. The molecule has 1 aliphatic heterocycles. The molecule has 2 heterocycles. The van der Waals surface area contributed by atoms with Crippen LogP contribution in [0.1, 0.15) is 25.1 Å². The number of nitrogens with zero attached hydrogens (tertiary/aromatic N) is 2. The van der Waals surface area contributed by atoms with Crippen LogP contribution in [0.5, 0.6) is 0 Å². The van der Waals surface area contributed by atoms with Crippen molar-refractivity contribution in [2.75, 3.05) is 31.7 Å². The highest BCUT2D eigenvalue weighted by Crippen LogP contribution is 2.30. The summed E-state index contributed by atoms with van der Waals surface area (Å²) in [5.41, 5.74) is 3.63. The minimum atomic E-state index is 0.0362. The summed E-state index contributed by atoms with van der Waals surface area (Å²) in [4.78, 5) is 6.85. The van der Waals surface area contributed by atoms with E-state index in [1.54, 1.807) is 0 Å². The average Bonchev–Trinajstić information content (AvgIpc) is 2.31. The molecule has 0 unspecified atom stereocenters. The van der Waals surface area contributed by atoms with Crippen LogP contribution < -0.4 is 10.2 Å². The summed E-state index contributed by atoms with van der Waals surface area (Å²) in [7, 11) is 1.97. The van der Waals surface area contributed by atoms with Crippen molar-refractivity contribution in [3.63, 3.8) is 0 Å². The predicted octanol–water partition coefficient (Wildman–Crippen LogP) is 1.72. The zero-order valence-corrected chi connectivity index (χ0v) is 11.8. The second kappa shape index (κ2) is 5.24. The molecule has 1 aromatic heterocycles. The summed E-state index contributed by atoms with van der Waals surface area (Å²) in [6, 6.07) is 2.18. The first-order valence-electron chi connectivity index (χ1n) is 6.50. The van der Waals surface area contributed by atoms with Crippen LogP contribution in [-0.4, -0.2) is 37.3 Å². The maximum atomic E-state index is 5.59. The molecule has 0 radical (unpaired) electrons. The topological polar surface area (TPSA) is 37.4 Å². The number of nitrogens with one attached hydrogen (secondary N) is 1. The summed E-state index contributed by atoms with van der Waals surface area (Å²) in [5, 5.41) is 3.21. The molecule has 0 aromatic carbocycles. The van der Waals surface area contributed by atoms with E-state index in [-0.39, 0.29) is 5.54 Å². The van der Waals surface area contributed by atoms with E-state index in [1.165, 1.54) is 11.3 Å². The fraction of sp³-hybridized carbons (Fsp3) is 0.643. The molecule has 1 saturated heterocycles. The Morgan fingerprint density at radius 1 is 1.50 bits per heavy atom. The van der Waals surface area contributed by atoms with Gasteiger partial charge in [-0.3, -0.25) is 4.98 Å². The number of pyridine rings is 1. The Bertz CT molecular complexity index is 418. The first kappa shape index (κ1) is 13.3. The van der Waals surface area contributed by atoms with Gasteiger partial charge in [-0.2, -0.15) is 0 Å². The molecule has 1 aliphatic rings. The van der Waals surface area contributed by atoms with E-state index in [0.717, 1.165) is 32.0 Å². The van der Waals surface area contributed by atoms with Gasteiger partial charge < -0.3 is 15.0 Å². The molecular weight excluding hydrogens is 226 g/mol. The summed E-state index contributed by atoms with van der Waals surface area (Å²) in [6.07, 6.45) is 1.98. The highest BCUT2D eigenvalue weighted by Gasteiger charge is 2.31. The predicted molar refractivity (Wildman–Crippen MR) is 74.0 cm³/mol. The Hall–Kier alpha value is -1.13. The fourth-order valence-electron chi connectivity index (χ4n) is 2.46. The third-order valence-corrected chi connectivity index (χ3v) is 3.40. The van der Waals surface area contributed by atoms with Gasteiger partial charge in [-0.1, -0.05) is 0 Å². The number of aryl methyl sites for hydroxylation is 1. The molecule has 1 aromatic rings. The first-order valence-corrected chi connectivity index (χ1v) is 6.50. The van der Waals surface area contributed by atoms with Gasteiger partial charge in [0.15, 0.2) is 0 Å². The van der Waals surface area contributed by atoms with Gasteiger partial charge in [0.1, 0.15) is 0 Å². The smallest absolute Gasteiger partial charge is 0.0694 e. The molecule has 0 saturated carbocycles. The van der Waals surface area contributed by atoms with Crippen LogP contribution in [0.3, 0.4) is 0 Å². The lowest BCUT2D eigenvalue weighted by Crippen LogP contribution is -2.53. The average molecular weight is 249 g/mol. The first-order chi connectivity index (χ1) is 8.54. The standard InChI is InChI=1S/C14H23N3O/c1-11-7-13(12(8-15-4)9-16-11)17-5-6-18-10-14(17,2)3/h7,9,15H,5-6,8,10H2,1-4H3. The lowest BCUT2D eigenvalue weighted by atomic mass is 10.00. The van der Waals surface area contributed by atoms with Gasteiger partial charge in [0, 0.05) is 36.2 Å². The normalized spacial score (nSPS) is 19.0. The second-order valence-corrected chi connectivity index (χ2v) is 5.50. The molecule has 0 aliphatic carbocycles. The Balaban J connectivity index is 2.38. The number of hydrogen-bond donors (Lipinski definition) is 1. The third-order valence-electron chi connectivity index (χ3n) is 3.40. The molecule has 100 valence electrons. The van der Waals surface area contributed by atoms with Crippen LogP contribution >= 0.6 is 0 Å². The van der Waals surface area contributed by atoms with Gasteiger partial charge in [0.2, 0.25) is 0 Å². The van der Waals surface area contributed by atoms with E-state index in [1.807, 2.05) is 20.2 Å². The van der Waals surface area contributed by atoms with Gasteiger partial charge in [-0.25, -0.2) is 0 Å². The number of morpholine rings is 1. The van der Waals surface area contributed by atoms with Gasteiger partial charge in [-0.05, 0) is 33.9 Å².